The Morgan fingerprint density at radius 1 is 1.38 bits per heavy atom. The van der Waals surface area contributed by atoms with Crippen LogP contribution in [0.3, 0.4) is 0 Å². The number of anilines is 1. The van der Waals surface area contributed by atoms with Crippen molar-refractivity contribution in [3.05, 3.63) is 17.2 Å². The lowest BCUT2D eigenvalue weighted by molar-refractivity contribution is 0.445. The van der Waals surface area contributed by atoms with Crippen LogP contribution >= 0.6 is 11.6 Å². The Bertz CT molecular complexity index is 442. The molecule has 0 saturated carbocycles. The molecule has 13 heavy (non-hydrogen) atoms. The van der Waals surface area contributed by atoms with E-state index in [4.69, 9.17) is 27.0 Å². The van der Waals surface area contributed by atoms with Crippen molar-refractivity contribution in [1.29, 1.82) is 0 Å². The molecule has 0 amide bonds. The second kappa shape index (κ2) is 3.06. The van der Waals surface area contributed by atoms with E-state index in [0.717, 1.165) is 6.07 Å². The fourth-order valence-electron chi connectivity index (χ4n) is 0.772. The predicted molar refractivity (Wildman–Crippen MR) is 47.3 cm³/mol. The number of hydrogen-bond acceptors (Lipinski definition) is 4. The standard InChI is InChI=1S/C6H6ClNO4S/c7-3-1-2-4(13(10,11)12)6(9)5(3)8/h1-2,9H,8H2,(H,10,11,12). The highest BCUT2D eigenvalue weighted by atomic mass is 35.5. The monoisotopic (exact) mass is 223 g/mol. The molecule has 5 nitrogen and oxygen atoms in total. The molecule has 0 bridgehead atoms. The second-order valence-corrected chi connectivity index (χ2v) is 4.08. The van der Waals surface area contributed by atoms with Gasteiger partial charge in [0.15, 0.2) is 5.75 Å². The highest BCUT2D eigenvalue weighted by Crippen LogP contribution is 2.34. The summed E-state index contributed by atoms with van der Waals surface area (Å²) < 4.78 is 29.8. The number of phenolic OH excluding ortho intramolecular Hbond substituents is 1. The lowest BCUT2D eigenvalue weighted by Gasteiger charge is -2.04. The lowest BCUT2D eigenvalue weighted by Crippen LogP contribution is -2.00. The van der Waals surface area contributed by atoms with E-state index in [1.165, 1.54) is 6.07 Å². The van der Waals surface area contributed by atoms with E-state index in [0.29, 0.717) is 0 Å². The molecule has 0 aliphatic rings. The van der Waals surface area contributed by atoms with Crippen LogP contribution in [0.1, 0.15) is 0 Å². The van der Waals surface area contributed by atoms with Crippen LogP contribution in [0.2, 0.25) is 5.02 Å². The number of phenols is 1. The largest absolute Gasteiger partial charge is 0.504 e. The van der Waals surface area contributed by atoms with E-state index in [1.54, 1.807) is 0 Å². The number of aromatic hydroxyl groups is 1. The molecular formula is C6H6ClNO4S. The molecule has 0 aromatic heterocycles. The van der Waals surface area contributed by atoms with Gasteiger partial charge in [0.1, 0.15) is 4.90 Å². The summed E-state index contributed by atoms with van der Waals surface area (Å²) in [5.41, 5.74) is 4.94. The number of benzene rings is 1. The fraction of sp³-hybridized carbons (Fsp3) is 0. The molecular weight excluding hydrogens is 218 g/mol. The van der Waals surface area contributed by atoms with E-state index in [-0.39, 0.29) is 10.7 Å². The van der Waals surface area contributed by atoms with Gasteiger partial charge in [0.2, 0.25) is 0 Å². The van der Waals surface area contributed by atoms with Gasteiger partial charge >= 0.3 is 0 Å². The Hall–Kier alpha value is -0.980. The molecule has 0 spiro atoms. The maximum Gasteiger partial charge on any atom is 0.298 e. The van der Waals surface area contributed by atoms with Gasteiger partial charge in [0, 0.05) is 0 Å². The Morgan fingerprint density at radius 2 is 1.92 bits per heavy atom. The highest BCUT2D eigenvalue weighted by Gasteiger charge is 2.18. The van der Waals surface area contributed by atoms with Gasteiger partial charge < -0.3 is 10.8 Å². The number of halogens is 1. The maximum absolute atomic E-state index is 10.6. The molecule has 0 aliphatic heterocycles. The summed E-state index contributed by atoms with van der Waals surface area (Å²) in [4.78, 5) is -0.658. The van der Waals surface area contributed by atoms with Crippen LogP contribution in [0.15, 0.2) is 17.0 Å². The fourth-order valence-corrected chi connectivity index (χ4v) is 1.52. The summed E-state index contributed by atoms with van der Waals surface area (Å²) in [7, 11) is -4.46. The first-order chi connectivity index (χ1) is 5.84. The zero-order valence-electron chi connectivity index (χ0n) is 6.23. The van der Waals surface area contributed by atoms with E-state index in [9.17, 15) is 8.42 Å². The zero-order valence-corrected chi connectivity index (χ0v) is 7.80. The van der Waals surface area contributed by atoms with E-state index >= 15 is 0 Å². The van der Waals surface area contributed by atoms with E-state index < -0.39 is 20.8 Å². The van der Waals surface area contributed by atoms with Crippen LogP contribution in [0.25, 0.3) is 0 Å². The van der Waals surface area contributed by atoms with Crippen LogP contribution in [0.5, 0.6) is 5.75 Å². The Kier molecular flexibility index (Phi) is 2.38. The first-order valence-electron chi connectivity index (χ1n) is 3.08. The van der Waals surface area contributed by atoms with E-state index in [1.807, 2.05) is 0 Å². The molecule has 0 unspecified atom stereocenters. The quantitative estimate of drug-likeness (QED) is 0.373. The third-order valence-corrected chi connectivity index (χ3v) is 2.62. The normalized spacial score (nSPS) is 11.5. The third-order valence-electron chi connectivity index (χ3n) is 1.40. The average Bonchev–Trinajstić information content (AvgIpc) is 1.98. The Labute approximate surface area is 79.5 Å². The number of hydrogen-bond donors (Lipinski definition) is 3. The molecule has 1 aromatic carbocycles. The molecule has 0 fully saturated rings. The Morgan fingerprint density at radius 3 is 2.38 bits per heavy atom. The van der Waals surface area contributed by atoms with Gasteiger partial charge in [-0.3, -0.25) is 4.55 Å². The van der Waals surface area contributed by atoms with Crippen LogP contribution in [0, 0.1) is 0 Å². The molecule has 4 N–H and O–H groups in total. The topological polar surface area (TPSA) is 101 Å². The molecule has 0 aliphatic carbocycles. The van der Waals surface area contributed by atoms with Gasteiger partial charge in [-0.05, 0) is 12.1 Å². The van der Waals surface area contributed by atoms with Crippen molar-refractivity contribution < 1.29 is 18.1 Å². The van der Waals surface area contributed by atoms with Crippen molar-refractivity contribution in [2.24, 2.45) is 0 Å². The molecule has 0 radical (unpaired) electrons. The highest BCUT2D eigenvalue weighted by molar-refractivity contribution is 7.86. The molecule has 1 rings (SSSR count). The molecule has 0 saturated heterocycles. The van der Waals surface area contributed by atoms with Crippen molar-refractivity contribution in [2.45, 2.75) is 4.90 Å². The molecule has 0 atom stereocenters. The minimum atomic E-state index is -4.46. The molecule has 72 valence electrons. The van der Waals surface area contributed by atoms with Crippen molar-refractivity contribution in [3.8, 4) is 5.75 Å². The van der Waals surface area contributed by atoms with Crippen molar-refractivity contribution in [3.63, 3.8) is 0 Å². The van der Waals surface area contributed by atoms with Crippen molar-refractivity contribution >= 4 is 27.4 Å². The van der Waals surface area contributed by atoms with Crippen LogP contribution in [0.4, 0.5) is 5.69 Å². The molecule has 7 heteroatoms. The zero-order chi connectivity index (χ0) is 10.2. The van der Waals surface area contributed by atoms with Crippen LogP contribution in [-0.4, -0.2) is 18.1 Å². The number of nitrogens with two attached hydrogens (primary N) is 1. The van der Waals surface area contributed by atoms with Gasteiger partial charge in [-0.25, -0.2) is 0 Å². The summed E-state index contributed by atoms with van der Waals surface area (Å²) in [5, 5.41) is 9.18. The number of nitrogen functional groups attached to an aromatic ring is 1. The first kappa shape index (κ1) is 10.1. The van der Waals surface area contributed by atoms with Gasteiger partial charge in [-0.15, -0.1) is 0 Å². The van der Waals surface area contributed by atoms with Crippen molar-refractivity contribution in [1.82, 2.24) is 0 Å². The summed E-state index contributed by atoms with van der Waals surface area (Å²) in [6, 6.07) is 2.13. The summed E-state index contributed by atoms with van der Waals surface area (Å²) in [5.74, 6) is -0.741. The Balaban J connectivity index is 3.53. The van der Waals surface area contributed by atoms with Gasteiger partial charge in [-0.1, -0.05) is 11.6 Å². The van der Waals surface area contributed by atoms with Crippen LogP contribution < -0.4 is 5.73 Å². The maximum atomic E-state index is 10.6. The first-order valence-corrected chi connectivity index (χ1v) is 4.90. The molecule has 0 heterocycles. The number of rotatable bonds is 1. The second-order valence-electron chi connectivity index (χ2n) is 2.28. The molecule has 1 aromatic rings. The van der Waals surface area contributed by atoms with Gasteiger partial charge in [0.25, 0.3) is 10.1 Å². The minimum Gasteiger partial charge on any atom is -0.504 e. The average molecular weight is 224 g/mol. The van der Waals surface area contributed by atoms with Crippen molar-refractivity contribution in [2.75, 3.05) is 5.73 Å². The lowest BCUT2D eigenvalue weighted by atomic mass is 10.3. The van der Waals surface area contributed by atoms with Gasteiger partial charge in [0.05, 0.1) is 10.7 Å². The van der Waals surface area contributed by atoms with E-state index in [2.05, 4.69) is 0 Å². The minimum absolute atomic E-state index is 0.0184. The van der Waals surface area contributed by atoms with Crippen LogP contribution in [-0.2, 0) is 10.1 Å². The predicted octanol–water partition coefficient (Wildman–Crippen LogP) is 0.875. The smallest absolute Gasteiger partial charge is 0.298 e. The van der Waals surface area contributed by atoms with Gasteiger partial charge in [-0.2, -0.15) is 8.42 Å². The SMILES string of the molecule is Nc1c(Cl)ccc(S(=O)(=O)O)c1O. The summed E-state index contributed by atoms with van der Waals surface area (Å²) in [6.45, 7) is 0. The summed E-state index contributed by atoms with van der Waals surface area (Å²) in [6.07, 6.45) is 0. The summed E-state index contributed by atoms with van der Waals surface area (Å²) >= 11 is 5.47. The third kappa shape index (κ3) is 1.85.